The fraction of sp³-hybridized carbons (Fsp3) is 0.389. The molecule has 33 heavy (non-hydrogen) atoms. The standard InChI is InChI=1S/C18H19N7O6S2/c1-2-31-17(30)12(24-5-3-4-6-24)13(26)19-10-14(27)25-11(16(28)29)9(7-32-15(10)25)8-33-18-20-22-23-21-18/h3-6,10,12,15H,2,7-8H2,1H3,(H,19,26)(H,28,29)(H,20,21,22,23). The second kappa shape index (κ2) is 9.66. The fourth-order valence-electron chi connectivity index (χ4n) is 3.50. The number of aromatic nitrogens is 5. The number of H-pyrrole nitrogens is 1. The van der Waals surface area contributed by atoms with Crippen LogP contribution in [0.5, 0.6) is 0 Å². The van der Waals surface area contributed by atoms with Crippen molar-refractivity contribution < 1.29 is 29.0 Å². The summed E-state index contributed by atoms with van der Waals surface area (Å²) in [5.74, 6) is -2.63. The van der Waals surface area contributed by atoms with Crippen LogP contribution < -0.4 is 5.32 Å². The molecule has 0 saturated carbocycles. The first-order valence-electron chi connectivity index (χ1n) is 9.78. The van der Waals surface area contributed by atoms with Gasteiger partial charge in [0, 0.05) is 23.9 Å². The van der Waals surface area contributed by atoms with Gasteiger partial charge in [0.05, 0.1) is 6.61 Å². The molecule has 3 atom stereocenters. The summed E-state index contributed by atoms with van der Waals surface area (Å²) < 4.78 is 6.40. The largest absolute Gasteiger partial charge is 0.477 e. The van der Waals surface area contributed by atoms with Crippen LogP contribution in [-0.2, 0) is 23.9 Å². The first-order chi connectivity index (χ1) is 15.9. The van der Waals surface area contributed by atoms with E-state index in [2.05, 4.69) is 25.9 Å². The zero-order chi connectivity index (χ0) is 23.5. The number of amides is 2. The van der Waals surface area contributed by atoms with Gasteiger partial charge in [-0.3, -0.25) is 14.5 Å². The lowest BCUT2D eigenvalue weighted by molar-refractivity contribution is -0.155. The van der Waals surface area contributed by atoms with E-state index < -0.39 is 41.2 Å². The summed E-state index contributed by atoms with van der Waals surface area (Å²) in [4.78, 5) is 51.3. The molecule has 1 fully saturated rings. The van der Waals surface area contributed by atoms with Crippen molar-refractivity contribution in [3.8, 4) is 0 Å². The maximum Gasteiger partial charge on any atom is 0.352 e. The Hall–Kier alpha value is -3.33. The van der Waals surface area contributed by atoms with Gasteiger partial charge in [-0.1, -0.05) is 11.8 Å². The third-order valence-electron chi connectivity index (χ3n) is 4.94. The van der Waals surface area contributed by atoms with Gasteiger partial charge in [-0.2, -0.15) is 0 Å². The van der Waals surface area contributed by atoms with Crippen LogP contribution in [0.2, 0.25) is 0 Å². The average Bonchev–Trinajstić information content (AvgIpc) is 3.50. The summed E-state index contributed by atoms with van der Waals surface area (Å²) in [7, 11) is 0. The number of carbonyl (C=O) groups is 4. The van der Waals surface area contributed by atoms with E-state index in [4.69, 9.17) is 4.74 Å². The summed E-state index contributed by atoms with van der Waals surface area (Å²) in [5.41, 5.74) is 0.432. The number of rotatable bonds is 9. The summed E-state index contributed by atoms with van der Waals surface area (Å²) in [6.07, 6.45) is 3.09. The number of tetrazole rings is 1. The topological polar surface area (TPSA) is 172 Å². The molecule has 15 heteroatoms. The van der Waals surface area contributed by atoms with Crippen LogP contribution in [0, 0.1) is 0 Å². The fourth-order valence-corrected chi connectivity index (χ4v) is 5.72. The predicted molar refractivity (Wildman–Crippen MR) is 115 cm³/mol. The number of β-lactam (4-membered cyclic amide) rings is 1. The number of carboxylic acid groups (broad SMARTS) is 1. The van der Waals surface area contributed by atoms with E-state index in [0.29, 0.717) is 16.5 Å². The van der Waals surface area contributed by atoms with Crippen LogP contribution in [0.3, 0.4) is 0 Å². The third kappa shape index (κ3) is 4.45. The molecule has 1 saturated heterocycles. The number of esters is 1. The Balaban J connectivity index is 1.49. The molecule has 2 aromatic rings. The van der Waals surface area contributed by atoms with Crippen molar-refractivity contribution in [2.75, 3.05) is 18.1 Å². The number of thioether (sulfide) groups is 2. The van der Waals surface area contributed by atoms with Crippen LogP contribution >= 0.6 is 23.5 Å². The molecule has 3 unspecified atom stereocenters. The molecule has 2 aliphatic heterocycles. The molecular weight excluding hydrogens is 474 g/mol. The molecule has 2 aliphatic rings. The number of carboxylic acids is 1. The predicted octanol–water partition coefficient (Wildman–Crippen LogP) is -0.364. The molecule has 4 rings (SSSR count). The highest BCUT2D eigenvalue weighted by Crippen LogP contribution is 2.41. The van der Waals surface area contributed by atoms with E-state index in [1.807, 2.05) is 0 Å². The van der Waals surface area contributed by atoms with Crippen molar-refractivity contribution in [2.45, 2.75) is 29.5 Å². The molecule has 174 valence electrons. The van der Waals surface area contributed by atoms with E-state index in [9.17, 15) is 24.3 Å². The lowest BCUT2D eigenvalue weighted by atomic mass is 10.0. The summed E-state index contributed by atoms with van der Waals surface area (Å²) in [6.45, 7) is 1.72. The van der Waals surface area contributed by atoms with Gasteiger partial charge in [-0.05, 0) is 35.1 Å². The smallest absolute Gasteiger partial charge is 0.352 e. The zero-order valence-corrected chi connectivity index (χ0v) is 18.8. The van der Waals surface area contributed by atoms with E-state index in [-0.39, 0.29) is 18.1 Å². The minimum atomic E-state index is -1.30. The first-order valence-corrected chi connectivity index (χ1v) is 11.8. The molecule has 3 N–H and O–H groups in total. The van der Waals surface area contributed by atoms with E-state index >= 15 is 0 Å². The Morgan fingerprint density at radius 1 is 1.39 bits per heavy atom. The quantitative estimate of drug-likeness (QED) is 0.180. The van der Waals surface area contributed by atoms with Crippen molar-refractivity contribution in [1.29, 1.82) is 0 Å². The van der Waals surface area contributed by atoms with Crippen LogP contribution in [0.4, 0.5) is 0 Å². The number of ether oxygens (including phenoxy) is 1. The highest BCUT2D eigenvalue weighted by atomic mass is 32.2. The van der Waals surface area contributed by atoms with Crippen molar-refractivity contribution in [3.63, 3.8) is 0 Å². The van der Waals surface area contributed by atoms with Gasteiger partial charge < -0.3 is 19.7 Å². The number of nitrogens with zero attached hydrogens (tertiary/aromatic N) is 5. The molecule has 0 spiro atoms. The summed E-state index contributed by atoms with van der Waals surface area (Å²) >= 11 is 2.55. The molecule has 4 heterocycles. The maximum absolute atomic E-state index is 12.9. The third-order valence-corrected chi connectivity index (χ3v) is 7.22. The van der Waals surface area contributed by atoms with Crippen molar-refractivity contribution in [2.24, 2.45) is 0 Å². The number of aliphatic carboxylic acids is 1. The second-order valence-electron chi connectivity index (χ2n) is 6.93. The molecule has 0 aromatic carbocycles. The van der Waals surface area contributed by atoms with Gasteiger partial charge in [-0.15, -0.1) is 16.9 Å². The highest BCUT2D eigenvalue weighted by Gasteiger charge is 2.54. The molecule has 2 amide bonds. The number of carbonyl (C=O) groups excluding carboxylic acids is 3. The number of hydrogen-bond acceptors (Lipinski definition) is 10. The Morgan fingerprint density at radius 2 is 2.15 bits per heavy atom. The van der Waals surface area contributed by atoms with Crippen molar-refractivity contribution >= 4 is 47.3 Å². The zero-order valence-electron chi connectivity index (χ0n) is 17.2. The van der Waals surface area contributed by atoms with Crippen LogP contribution in [0.1, 0.15) is 13.0 Å². The van der Waals surface area contributed by atoms with Crippen molar-refractivity contribution in [1.82, 2.24) is 35.4 Å². The lowest BCUT2D eigenvalue weighted by Crippen LogP contribution is -2.71. The average molecular weight is 494 g/mol. The second-order valence-corrected chi connectivity index (χ2v) is 9.00. The minimum Gasteiger partial charge on any atom is -0.477 e. The minimum absolute atomic E-state index is 0.0934. The number of hydrogen-bond donors (Lipinski definition) is 3. The van der Waals surface area contributed by atoms with Crippen LogP contribution in [-0.4, -0.2) is 88.5 Å². The van der Waals surface area contributed by atoms with Crippen LogP contribution in [0.25, 0.3) is 0 Å². The SMILES string of the molecule is CCOC(=O)C(C(=O)NC1C(=O)N2C(C(=O)O)=C(CSc3nnn[nH]3)CSC12)n1cccc1. The van der Waals surface area contributed by atoms with Gasteiger partial charge in [-0.25, -0.2) is 14.7 Å². The Labute approximate surface area is 195 Å². The van der Waals surface area contributed by atoms with Gasteiger partial charge in [0.25, 0.3) is 11.8 Å². The number of aromatic amines is 1. The molecule has 0 bridgehead atoms. The first kappa shape index (κ1) is 22.8. The number of nitrogens with one attached hydrogen (secondary N) is 2. The molecule has 13 nitrogen and oxygen atoms in total. The molecule has 0 radical (unpaired) electrons. The normalized spacial score (nSPS) is 20.6. The Kier molecular flexibility index (Phi) is 6.69. The highest BCUT2D eigenvalue weighted by molar-refractivity contribution is 8.01. The van der Waals surface area contributed by atoms with Gasteiger partial charge in [0.15, 0.2) is 0 Å². The van der Waals surface area contributed by atoms with Crippen LogP contribution in [0.15, 0.2) is 41.0 Å². The van der Waals surface area contributed by atoms with E-state index in [1.54, 1.807) is 31.5 Å². The summed E-state index contributed by atoms with van der Waals surface area (Å²) in [5, 5.41) is 25.4. The summed E-state index contributed by atoms with van der Waals surface area (Å²) in [6, 6.07) is 1.06. The lowest BCUT2D eigenvalue weighted by Gasteiger charge is -2.49. The maximum atomic E-state index is 12.9. The van der Waals surface area contributed by atoms with Gasteiger partial charge in [0.2, 0.25) is 11.2 Å². The Morgan fingerprint density at radius 3 is 2.79 bits per heavy atom. The van der Waals surface area contributed by atoms with E-state index in [1.165, 1.54) is 33.0 Å². The van der Waals surface area contributed by atoms with E-state index in [0.717, 1.165) is 0 Å². The molecular formula is C18H19N7O6S2. The van der Waals surface area contributed by atoms with Gasteiger partial charge in [0.1, 0.15) is 17.1 Å². The molecule has 0 aliphatic carbocycles. The molecule has 2 aromatic heterocycles. The number of fused-ring (bicyclic) bond motifs is 1. The monoisotopic (exact) mass is 493 g/mol. The van der Waals surface area contributed by atoms with Crippen molar-refractivity contribution in [3.05, 3.63) is 35.8 Å². The Bertz CT molecular complexity index is 1090. The van der Waals surface area contributed by atoms with Gasteiger partial charge >= 0.3 is 11.9 Å².